The number of nitrogens with one attached hydrogen (secondary N) is 1. The maximum atomic E-state index is 13.3. The predicted octanol–water partition coefficient (Wildman–Crippen LogP) is 4.56. The molecule has 12 heteroatoms. The Morgan fingerprint density at radius 1 is 1.21 bits per heavy atom. The fourth-order valence-corrected chi connectivity index (χ4v) is 6.22. The third-order valence-electron chi connectivity index (χ3n) is 6.61. The number of carbonyl (C=O) groups is 1. The van der Waals surface area contributed by atoms with E-state index in [1.54, 1.807) is 20.8 Å². The summed E-state index contributed by atoms with van der Waals surface area (Å²) in [4.78, 5) is 12.1. The van der Waals surface area contributed by atoms with Crippen LogP contribution in [-0.4, -0.2) is 65.5 Å². The van der Waals surface area contributed by atoms with E-state index in [1.165, 1.54) is 13.8 Å². The van der Waals surface area contributed by atoms with Crippen LogP contribution in [0, 0.1) is 11.3 Å². The molecular weight excluding hydrogens is 457 g/mol. The van der Waals surface area contributed by atoms with Gasteiger partial charge in [0.15, 0.2) is 0 Å². The molecule has 3 unspecified atom stereocenters. The fraction of sp³-hybridized carbons (Fsp3) is 0.905. The van der Waals surface area contributed by atoms with Crippen molar-refractivity contribution < 1.29 is 31.8 Å². The van der Waals surface area contributed by atoms with Gasteiger partial charge in [0, 0.05) is 12.1 Å². The Kier molecular flexibility index (Phi) is 9.46. The van der Waals surface area contributed by atoms with Crippen molar-refractivity contribution in [2.75, 3.05) is 6.61 Å². The first-order valence-corrected chi connectivity index (χ1v) is 12.1. The average Bonchev–Trinajstić information content (AvgIpc) is 2.76. The zero-order chi connectivity index (χ0) is 26.0. The molecule has 1 aliphatic heterocycles. The highest BCUT2D eigenvalue weighted by Crippen LogP contribution is 2.61. The van der Waals surface area contributed by atoms with Crippen LogP contribution in [0.15, 0.2) is 0 Å². The van der Waals surface area contributed by atoms with E-state index in [1.807, 2.05) is 38.4 Å². The van der Waals surface area contributed by atoms with Gasteiger partial charge < -0.3 is 19.1 Å². The summed E-state index contributed by atoms with van der Waals surface area (Å²) < 4.78 is 60.4. The molecule has 7 nitrogen and oxygen atoms in total. The Balaban J connectivity index is 3.64. The van der Waals surface area contributed by atoms with Crippen LogP contribution in [-0.2, 0) is 18.6 Å². The number of nitriles is 1. The molecule has 0 aliphatic carbocycles. The third kappa shape index (κ3) is 5.67. The molecule has 1 heterocycles. The normalized spacial score (nSPS) is 33.5. The second-order valence-electron chi connectivity index (χ2n) is 9.54. The molecule has 1 rings (SSSR count). The topological polar surface area (TPSA) is 83.8 Å². The first-order valence-electron chi connectivity index (χ1n) is 11.0. The zero-order valence-electron chi connectivity index (χ0n) is 21.0. The predicted molar refractivity (Wildman–Crippen MR) is 121 cm³/mol. The van der Waals surface area contributed by atoms with Gasteiger partial charge in [-0.15, -0.1) is 0 Å². The van der Waals surface area contributed by atoms with E-state index in [0.717, 1.165) is 0 Å². The molecule has 0 aromatic carbocycles. The molecular formula is C21H36BF3N3O4P. The highest BCUT2D eigenvalue weighted by molar-refractivity contribution is 7.44. The lowest BCUT2D eigenvalue weighted by Crippen LogP contribution is -2.72. The number of hydrogen-bond acceptors (Lipinski definition) is 6. The first-order chi connectivity index (χ1) is 14.8. The molecule has 1 aliphatic rings. The van der Waals surface area contributed by atoms with Gasteiger partial charge in [-0.25, -0.2) is 4.67 Å². The van der Waals surface area contributed by atoms with Gasteiger partial charge in [0.25, 0.3) is 8.53 Å². The van der Waals surface area contributed by atoms with Crippen LogP contribution in [0.1, 0.15) is 75.2 Å². The highest BCUT2D eigenvalue weighted by atomic mass is 31.2. The minimum atomic E-state index is -5.12. The van der Waals surface area contributed by atoms with Crippen molar-refractivity contribution in [1.29, 1.82) is 5.26 Å². The molecule has 1 fully saturated rings. The van der Waals surface area contributed by atoms with Crippen LogP contribution >= 0.6 is 8.53 Å². The molecule has 1 N–H and O–H groups in total. The minimum Gasteiger partial charge on any atom is -0.373 e. The van der Waals surface area contributed by atoms with Gasteiger partial charge in [0.05, 0.1) is 35.7 Å². The van der Waals surface area contributed by atoms with E-state index in [-0.39, 0.29) is 25.1 Å². The Bertz CT molecular complexity index is 741. The van der Waals surface area contributed by atoms with Crippen LogP contribution < -0.4 is 5.32 Å². The quantitative estimate of drug-likeness (QED) is 0.273. The number of alkyl halides is 3. The lowest BCUT2D eigenvalue weighted by Gasteiger charge is -2.51. The van der Waals surface area contributed by atoms with Crippen LogP contribution in [0.5, 0.6) is 0 Å². The summed E-state index contributed by atoms with van der Waals surface area (Å²) in [6, 6.07) is 1.92. The van der Waals surface area contributed by atoms with E-state index in [4.69, 9.17) is 26.9 Å². The molecule has 1 saturated heterocycles. The lowest BCUT2D eigenvalue weighted by atomic mass is 9.60. The van der Waals surface area contributed by atoms with E-state index >= 15 is 0 Å². The molecule has 0 aromatic rings. The van der Waals surface area contributed by atoms with Crippen LogP contribution in [0.2, 0.25) is 0 Å². The molecule has 33 heavy (non-hydrogen) atoms. The van der Waals surface area contributed by atoms with Crippen LogP contribution in [0.4, 0.5) is 13.2 Å². The fourth-order valence-electron chi connectivity index (χ4n) is 4.25. The van der Waals surface area contributed by atoms with Gasteiger partial charge in [0.1, 0.15) is 13.4 Å². The number of halogens is 3. The summed E-state index contributed by atoms with van der Waals surface area (Å²) in [5.41, 5.74) is -6.22. The summed E-state index contributed by atoms with van der Waals surface area (Å²) in [7, 11) is 4.52. The third-order valence-corrected chi connectivity index (χ3v) is 8.84. The summed E-state index contributed by atoms with van der Waals surface area (Å²) >= 11 is 0. The second-order valence-corrected chi connectivity index (χ2v) is 10.9. The van der Waals surface area contributed by atoms with E-state index < -0.39 is 42.9 Å². The second kappa shape index (κ2) is 10.4. The standard InChI is InChI=1S/C21H36BF3N3O4P/c1-10-17(6)19(8,18(7,20(9,22)31-17)27-16(29)21(23,24)25)32-33(30-13-11-12-26)28(14(2)3)15(4)5/h14-15H,10-11,13H2,1-9H3,(H,27,29)/t17-,18?,19?,20-,33?/m1/s1. The highest BCUT2D eigenvalue weighted by Gasteiger charge is 2.73. The van der Waals surface area contributed by atoms with Crippen molar-refractivity contribution in [2.45, 2.75) is 116 Å². The summed E-state index contributed by atoms with van der Waals surface area (Å²) in [6.07, 6.45) is -4.68. The molecule has 5 atom stereocenters. The monoisotopic (exact) mass is 493 g/mol. The average molecular weight is 493 g/mol. The van der Waals surface area contributed by atoms with Gasteiger partial charge in [-0.1, -0.05) is 6.92 Å². The van der Waals surface area contributed by atoms with Crippen molar-refractivity contribution in [3.8, 4) is 6.07 Å². The van der Waals surface area contributed by atoms with Crippen molar-refractivity contribution >= 4 is 22.3 Å². The molecule has 0 bridgehead atoms. The van der Waals surface area contributed by atoms with E-state index in [9.17, 15) is 18.0 Å². The van der Waals surface area contributed by atoms with Crippen molar-refractivity contribution in [3.63, 3.8) is 0 Å². The molecule has 0 aromatic heterocycles. The van der Waals surface area contributed by atoms with Gasteiger partial charge in [-0.3, -0.25) is 4.79 Å². The number of amides is 1. The first kappa shape index (κ1) is 30.1. The molecule has 1 amide bonds. The number of hydrogen-bond donors (Lipinski definition) is 1. The summed E-state index contributed by atoms with van der Waals surface area (Å²) in [5, 5.41) is 11.0. The van der Waals surface area contributed by atoms with Gasteiger partial charge >= 0.3 is 12.1 Å². The Labute approximate surface area is 198 Å². The van der Waals surface area contributed by atoms with Crippen molar-refractivity contribution in [3.05, 3.63) is 0 Å². The van der Waals surface area contributed by atoms with Gasteiger partial charge in [0.2, 0.25) is 0 Å². The van der Waals surface area contributed by atoms with Crippen LogP contribution in [0.25, 0.3) is 0 Å². The maximum absolute atomic E-state index is 13.3. The smallest absolute Gasteiger partial charge is 0.373 e. The van der Waals surface area contributed by atoms with Crippen molar-refractivity contribution in [2.24, 2.45) is 0 Å². The molecule has 2 radical (unpaired) electrons. The Hall–Kier alpha value is -0.915. The van der Waals surface area contributed by atoms with Gasteiger partial charge in [-0.2, -0.15) is 18.4 Å². The van der Waals surface area contributed by atoms with Gasteiger partial charge in [-0.05, 0) is 61.8 Å². The molecule has 188 valence electrons. The summed E-state index contributed by atoms with van der Waals surface area (Å²) in [5.74, 6) is -2.14. The molecule has 0 spiro atoms. The number of ether oxygens (including phenoxy) is 1. The van der Waals surface area contributed by atoms with Crippen LogP contribution in [0.3, 0.4) is 0 Å². The summed E-state index contributed by atoms with van der Waals surface area (Å²) in [6.45, 7) is 15.7. The van der Waals surface area contributed by atoms with Crippen molar-refractivity contribution in [1.82, 2.24) is 9.99 Å². The largest absolute Gasteiger partial charge is 0.471 e. The number of rotatable bonds is 10. The van der Waals surface area contributed by atoms with E-state index in [0.29, 0.717) is 6.42 Å². The zero-order valence-corrected chi connectivity index (χ0v) is 21.9. The SMILES string of the molecule is [B][C@]1(C)O[C@](C)(CC)C(C)(OP(OCCC#N)N(C(C)C)C(C)C)C1(C)NC(=O)C(F)(F)F. The van der Waals surface area contributed by atoms with E-state index in [2.05, 4.69) is 5.32 Å². The maximum Gasteiger partial charge on any atom is 0.471 e. The number of carbonyl (C=O) groups excluding carboxylic acids is 1. The number of nitrogens with zero attached hydrogens (tertiary/aromatic N) is 2. The molecule has 0 saturated carbocycles. The minimum absolute atomic E-state index is 0.0442. The Morgan fingerprint density at radius 3 is 2.12 bits per heavy atom. The Morgan fingerprint density at radius 2 is 1.73 bits per heavy atom. The lowest BCUT2D eigenvalue weighted by molar-refractivity contribution is -0.178.